The van der Waals surface area contributed by atoms with Crippen LogP contribution in [0.15, 0.2) is 53.7 Å². The van der Waals surface area contributed by atoms with Crippen LogP contribution >= 0.6 is 0 Å². The van der Waals surface area contributed by atoms with Crippen LogP contribution in [0.1, 0.15) is 12.8 Å². The number of pyridine rings is 1. The van der Waals surface area contributed by atoms with Crippen LogP contribution in [0.4, 0.5) is 0 Å². The Kier molecular flexibility index (Phi) is 5.01. The Morgan fingerprint density at radius 2 is 1.96 bits per heavy atom. The number of aromatic nitrogens is 1. The van der Waals surface area contributed by atoms with E-state index in [-0.39, 0.29) is 11.0 Å². The number of sulfonamides is 1. The summed E-state index contributed by atoms with van der Waals surface area (Å²) in [6.07, 6.45) is 4.73. The molecule has 1 fully saturated rings. The second kappa shape index (κ2) is 7.19. The number of methoxy groups -OCH3 is 1. The zero-order valence-electron chi connectivity index (χ0n) is 13.5. The van der Waals surface area contributed by atoms with E-state index < -0.39 is 10.0 Å². The van der Waals surface area contributed by atoms with Crippen molar-refractivity contribution in [2.75, 3.05) is 20.2 Å². The Morgan fingerprint density at radius 1 is 1.17 bits per heavy atom. The molecule has 1 saturated heterocycles. The van der Waals surface area contributed by atoms with Gasteiger partial charge in [-0.3, -0.25) is 4.98 Å². The van der Waals surface area contributed by atoms with Crippen LogP contribution in [0, 0.1) is 0 Å². The Hall–Kier alpha value is -2.12. The smallest absolute Gasteiger partial charge is 0.243 e. The third-order valence-electron chi connectivity index (χ3n) is 3.97. The summed E-state index contributed by atoms with van der Waals surface area (Å²) in [5.74, 6) is 1.23. The van der Waals surface area contributed by atoms with Crippen LogP contribution in [-0.2, 0) is 10.0 Å². The highest BCUT2D eigenvalue weighted by Crippen LogP contribution is 2.25. The SMILES string of the molecule is COc1cccc(S(=O)(=O)N2CCCC(Oc3ccncc3)C2)c1. The molecular weight excluding hydrogens is 328 g/mol. The molecular formula is C17H20N2O4S. The van der Waals surface area contributed by atoms with E-state index >= 15 is 0 Å². The van der Waals surface area contributed by atoms with E-state index in [2.05, 4.69) is 4.98 Å². The van der Waals surface area contributed by atoms with Crippen molar-refractivity contribution in [3.63, 3.8) is 0 Å². The Morgan fingerprint density at radius 3 is 2.71 bits per heavy atom. The molecule has 1 unspecified atom stereocenters. The summed E-state index contributed by atoms with van der Waals surface area (Å²) in [4.78, 5) is 4.19. The molecule has 1 atom stereocenters. The third kappa shape index (κ3) is 3.68. The predicted molar refractivity (Wildman–Crippen MR) is 89.6 cm³/mol. The number of rotatable bonds is 5. The highest BCUT2D eigenvalue weighted by atomic mass is 32.2. The molecule has 0 saturated carbocycles. The van der Waals surface area contributed by atoms with Gasteiger partial charge in [-0.1, -0.05) is 6.07 Å². The van der Waals surface area contributed by atoms with Gasteiger partial charge in [0.1, 0.15) is 17.6 Å². The van der Waals surface area contributed by atoms with E-state index in [0.717, 1.165) is 12.8 Å². The average Bonchev–Trinajstić information content (AvgIpc) is 2.63. The van der Waals surface area contributed by atoms with Gasteiger partial charge in [0, 0.05) is 25.0 Å². The number of hydrogen-bond acceptors (Lipinski definition) is 5. The van der Waals surface area contributed by atoms with Gasteiger partial charge in [-0.2, -0.15) is 4.31 Å². The fourth-order valence-electron chi connectivity index (χ4n) is 2.74. The number of piperidine rings is 1. The monoisotopic (exact) mass is 348 g/mol. The van der Waals surface area contributed by atoms with Gasteiger partial charge in [-0.15, -0.1) is 0 Å². The summed E-state index contributed by atoms with van der Waals surface area (Å²) in [6.45, 7) is 0.831. The number of benzene rings is 1. The molecule has 6 nitrogen and oxygen atoms in total. The third-order valence-corrected chi connectivity index (χ3v) is 5.83. The lowest BCUT2D eigenvalue weighted by atomic mass is 10.1. The summed E-state index contributed by atoms with van der Waals surface area (Å²) in [5, 5.41) is 0. The van der Waals surface area contributed by atoms with Crippen LogP contribution < -0.4 is 9.47 Å². The summed E-state index contributed by atoms with van der Waals surface area (Å²) in [7, 11) is -2.04. The van der Waals surface area contributed by atoms with E-state index in [1.807, 2.05) is 0 Å². The highest BCUT2D eigenvalue weighted by Gasteiger charge is 2.31. The first kappa shape index (κ1) is 16.7. The second-order valence-corrected chi connectivity index (χ2v) is 7.54. The van der Waals surface area contributed by atoms with Crippen molar-refractivity contribution in [1.82, 2.24) is 9.29 Å². The quantitative estimate of drug-likeness (QED) is 0.829. The van der Waals surface area contributed by atoms with E-state index in [9.17, 15) is 8.42 Å². The van der Waals surface area contributed by atoms with E-state index in [1.54, 1.807) is 48.8 Å². The Bertz CT molecular complexity index is 780. The van der Waals surface area contributed by atoms with Gasteiger partial charge in [0.2, 0.25) is 10.0 Å². The minimum Gasteiger partial charge on any atom is -0.497 e. The van der Waals surface area contributed by atoms with Gasteiger partial charge in [-0.25, -0.2) is 8.42 Å². The lowest BCUT2D eigenvalue weighted by Crippen LogP contribution is -2.44. The van der Waals surface area contributed by atoms with Crippen molar-refractivity contribution >= 4 is 10.0 Å². The lowest BCUT2D eigenvalue weighted by molar-refractivity contribution is 0.129. The van der Waals surface area contributed by atoms with Gasteiger partial charge < -0.3 is 9.47 Å². The maximum absolute atomic E-state index is 12.9. The molecule has 7 heteroatoms. The highest BCUT2D eigenvalue weighted by molar-refractivity contribution is 7.89. The Balaban J connectivity index is 1.75. The fourth-order valence-corrected chi connectivity index (χ4v) is 4.29. The fraction of sp³-hybridized carbons (Fsp3) is 0.353. The summed E-state index contributed by atoms with van der Waals surface area (Å²) < 4.78 is 38.2. The summed E-state index contributed by atoms with van der Waals surface area (Å²) in [6, 6.07) is 10.1. The molecule has 0 amide bonds. The molecule has 24 heavy (non-hydrogen) atoms. The first-order chi connectivity index (χ1) is 11.6. The van der Waals surface area contributed by atoms with Crippen LogP contribution in [0.2, 0.25) is 0 Å². The van der Waals surface area contributed by atoms with Crippen molar-refractivity contribution in [2.24, 2.45) is 0 Å². The predicted octanol–water partition coefficient (Wildman–Crippen LogP) is 2.32. The maximum atomic E-state index is 12.9. The molecule has 3 rings (SSSR count). The molecule has 128 valence electrons. The number of ether oxygens (including phenoxy) is 2. The minimum atomic E-state index is -3.56. The molecule has 0 bridgehead atoms. The van der Waals surface area contributed by atoms with Gasteiger partial charge in [-0.05, 0) is 37.1 Å². The number of nitrogens with zero attached hydrogens (tertiary/aromatic N) is 2. The standard InChI is InChI=1S/C17H20N2O4S/c1-22-15-4-2-6-17(12-15)24(20,21)19-11-3-5-16(13-19)23-14-7-9-18-10-8-14/h2,4,6-10,12,16H,3,5,11,13H2,1H3. The molecule has 0 aliphatic carbocycles. The van der Waals surface area contributed by atoms with Crippen molar-refractivity contribution in [2.45, 2.75) is 23.8 Å². The number of hydrogen-bond donors (Lipinski definition) is 0. The summed E-state index contributed by atoms with van der Waals surface area (Å²) >= 11 is 0. The van der Waals surface area contributed by atoms with Crippen molar-refractivity contribution in [3.05, 3.63) is 48.8 Å². The molecule has 1 aliphatic rings. The van der Waals surface area contributed by atoms with Gasteiger partial charge in [0.15, 0.2) is 0 Å². The molecule has 0 spiro atoms. The molecule has 1 aromatic heterocycles. The van der Waals surface area contributed by atoms with Crippen molar-refractivity contribution < 1.29 is 17.9 Å². The van der Waals surface area contributed by atoms with Crippen LogP contribution in [0.25, 0.3) is 0 Å². The second-order valence-electron chi connectivity index (χ2n) is 5.61. The van der Waals surface area contributed by atoms with Crippen LogP contribution in [0.3, 0.4) is 0 Å². The van der Waals surface area contributed by atoms with Crippen LogP contribution in [-0.4, -0.2) is 44.0 Å². The molecule has 2 heterocycles. The molecule has 0 N–H and O–H groups in total. The largest absolute Gasteiger partial charge is 0.497 e. The Labute approximate surface area is 142 Å². The van der Waals surface area contributed by atoms with E-state index in [0.29, 0.717) is 24.6 Å². The van der Waals surface area contributed by atoms with Crippen LogP contribution in [0.5, 0.6) is 11.5 Å². The zero-order chi connectivity index (χ0) is 17.0. The van der Waals surface area contributed by atoms with Gasteiger partial charge in [0.25, 0.3) is 0 Å². The normalized spacial score (nSPS) is 19.0. The molecule has 1 aromatic carbocycles. The topological polar surface area (TPSA) is 68.7 Å². The first-order valence-corrected chi connectivity index (χ1v) is 9.24. The molecule has 0 radical (unpaired) electrons. The van der Waals surface area contributed by atoms with Crippen molar-refractivity contribution in [3.8, 4) is 11.5 Å². The lowest BCUT2D eigenvalue weighted by Gasteiger charge is -2.32. The first-order valence-electron chi connectivity index (χ1n) is 7.80. The van der Waals surface area contributed by atoms with Gasteiger partial charge >= 0.3 is 0 Å². The molecule has 2 aromatic rings. The zero-order valence-corrected chi connectivity index (χ0v) is 14.3. The van der Waals surface area contributed by atoms with E-state index in [4.69, 9.17) is 9.47 Å². The van der Waals surface area contributed by atoms with Crippen molar-refractivity contribution in [1.29, 1.82) is 0 Å². The maximum Gasteiger partial charge on any atom is 0.243 e. The minimum absolute atomic E-state index is 0.165. The average molecular weight is 348 g/mol. The molecule has 1 aliphatic heterocycles. The van der Waals surface area contributed by atoms with Gasteiger partial charge in [0.05, 0.1) is 18.6 Å². The summed E-state index contributed by atoms with van der Waals surface area (Å²) in [5.41, 5.74) is 0. The van der Waals surface area contributed by atoms with E-state index in [1.165, 1.54) is 11.4 Å².